The minimum Gasteiger partial charge on any atom is -0.493 e. The molecule has 154 valence electrons. The van der Waals surface area contributed by atoms with E-state index in [-0.39, 0.29) is 24.2 Å². The third kappa shape index (κ3) is 4.61. The highest BCUT2D eigenvalue weighted by molar-refractivity contribution is 7.15. The molecule has 7 heteroatoms. The van der Waals surface area contributed by atoms with Crippen molar-refractivity contribution in [1.29, 1.82) is 0 Å². The summed E-state index contributed by atoms with van der Waals surface area (Å²) in [5.74, 6) is 0.423. The second kappa shape index (κ2) is 8.53. The van der Waals surface area contributed by atoms with Crippen molar-refractivity contribution in [3.05, 3.63) is 39.9 Å². The SMILES string of the molecule is Cc1sc(NC(=O)C2CCC2)nc1CCOc1ccc2c(c1)CCC2CC(=O)O. The Kier molecular flexibility index (Phi) is 5.85. The van der Waals surface area contributed by atoms with Crippen LogP contribution in [0.2, 0.25) is 0 Å². The first-order chi connectivity index (χ1) is 14.0. The van der Waals surface area contributed by atoms with Crippen molar-refractivity contribution in [2.45, 2.75) is 57.8 Å². The molecule has 1 fully saturated rings. The van der Waals surface area contributed by atoms with Gasteiger partial charge in [0.1, 0.15) is 5.75 Å². The van der Waals surface area contributed by atoms with E-state index in [2.05, 4.69) is 10.3 Å². The van der Waals surface area contributed by atoms with Gasteiger partial charge in [-0.2, -0.15) is 0 Å². The second-order valence-corrected chi connectivity index (χ2v) is 9.13. The number of carbonyl (C=O) groups is 2. The summed E-state index contributed by atoms with van der Waals surface area (Å²) in [4.78, 5) is 28.8. The Morgan fingerprint density at radius 3 is 2.86 bits per heavy atom. The molecule has 0 aliphatic heterocycles. The van der Waals surface area contributed by atoms with E-state index in [4.69, 9.17) is 9.84 Å². The molecule has 2 N–H and O–H groups in total. The molecule has 0 spiro atoms. The fourth-order valence-corrected chi connectivity index (χ4v) is 4.91. The molecule has 1 atom stereocenters. The summed E-state index contributed by atoms with van der Waals surface area (Å²) >= 11 is 1.52. The van der Waals surface area contributed by atoms with Crippen LogP contribution >= 0.6 is 11.3 Å². The van der Waals surface area contributed by atoms with Crippen molar-refractivity contribution in [3.63, 3.8) is 0 Å². The summed E-state index contributed by atoms with van der Waals surface area (Å²) in [6.45, 7) is 2.53. The molecule has 1 aromatic heterocycles. The lowest BCUT2D eigenvalue weighted by atomic mass is 9.85. The van der Waals surface area contributed by atoms with Crippen LogP contribution < -0.4 is 10.1 Å². The average Bonchev–Trinajstić information content (AvgIpc) is 3.16. The van der Waals surface area contributed by atoms with Crippen molar-refractivity contribution >= 4 is 28.3 Å². The van der Waals surface area contributed by atoms with Gasteiger partial charge in [-0.25, -0.2) is 4.98 Å². The normalized spacial score (nSPS) is 18.2. The monoisotopic (exact) mass is 414 g/mol. The Hall–Kier alpha value is -2.41. The molecule has 1 saturated carbocycles. The minimum absolute atomic E-state index is 0.0899. The number of aliphatic carboxylic acids is 1. The number of thiazole rings is 1. The van der Waals surface area contributed by atoms with Gasteiger partial charge < -0.3 is 15.2 Å². The topological polar surface area (TPSA) is 88.5 Å². The fourth-order valence-electron chi connectivity index (χ4n) is 4.05. The number of carboxylic acids is 1. The molecule has 2 aliphatic carbocycles. The van der Waals surface area contributed by atoms with Crippen molar-refractivity contribution in [1.82, 2.24) is 4.98 Å². The number of rotatable bonds is 8. The lowest BCUT2D eigenvalue weighted by molar-refractivity contribution is -0.137. The van der Waals surface area contributed by atoms with Gasteiger partial charge in [0, 0.05) is 17.2 Å². The number of aromatic nitrogens is 1. The van der Waals surface area contributed by atoms with Gasteiger partial charge >= 0.3 is 5.97 Å². The smallest absolute Gasteiger partial charge is 0.303 e. The second-order valence-electron chi connectivity index (χ2n) is 7.93. The van der Waals surface area contributed by atoms with Gasteiger partial charge in [-0.15, -0.1) is 11.3 Å². The van der Waals surface area contributed by atoms with E-state index in [9.17, 15) is 9.59 Å². The lowest BCUT2D eigenvalue weighted by Gasteiger charge is -2.23. The molecule has 4 rings (SSSR count). The van der Waals surface area contributed by atoms with Crippen LogP contribution in [0.3, 0.4) is 0 Å². The van der Waals surface area contributed by atoms with E-state index in [0.29, 0.717) is 18.2 Å². The summed E-state index contributed by atoms with van der Waals surface area (Å²) in [6.07, 6.45) is 5.76. The van der Waals surface area contributed by atoms with E-state index in [0.717, 1.165) is 54.0 Å². The third-order valence-corrected chi connectivity index (χ3v) is 6.87. The number of fused-ring (bicyclic) bond motifs is 1. The van der Waals surface area contributed by atoms with Crippen LogP contribution in [-0.2, 0) is 22.4 Å². The number of benzene rings is 1. The van der Waals surface area contributed by atoms with E-state index in [1.165, 1.54) is 16.9 Å². The first-order valence-corrected chi connectivity index (χ1v) is 11.1. The number of carboxylic acid groups (broad SMARTS) is 1. The van der Waals surface area contributed by atoms with Crippen LogP contribution in [0.15, 0.2) is 18.2 Å². The number of nitrogens with zero attached hydrogens (tertiary/aromatic N) is 1. The molecular formula is C22H26N2O4S. The van der Waals surface area contributed by atoms with Gasteiger partial charge in [0.2, 0.25) is 5.91 Å². The van der Waals surface area contributed by atoms with Gasteiger partial charge in [-0.1, -0.05) is 12.5 Å². The van der Waals surface area contributed by atoms with E-state index in [1.54, 1.807) is 0 Å². The number of nitrogens with one attached hydrogen (secondary N) is 1. The number of carbonyl (C=O) groups excluding carboxylic acids is 1. The minimum atomic E-state index is -0.745. The molecule has 1 aromatic carbocycles. The van der Waals surface area contributed by atoms with Gasteiger partial charge in [-0.3, -0.25) is 9.59 Å². The number of hydrogen-bond acceptors (Lipinski definition) is 5. The zero-order valence-corrected chi connectivity index (χ0v) is 17.4. The van der Waals surface area contributed by atoms with Crippen LogP contribution in [0, 0.1) is 12.8 Å². The Labute approximate surface area is 174 Å². The zero-order valence-electron chi connectivity index (χ0n) is 16.6. The van der Waals surface area contributed by atoms with Crippen molar-refractivity contribution in [3.8, 4) is 5.75 Å². The summed E-state index contributed by atoms with van der Waals surface area (Å²) in [7, 11) is 0. The molecule has 2 aromatic rings. The van der Waals surface area contributed by atoms with Gasteiger partial charge in [0.25, 0.3) is 0 Å². The molecule has 29 heavy (non-hydrogen) atoms. The van der Waals surface area contributed by atoms with Gasteiger partial charge in [0.05, 0.1) is 18.7 Å². The van der Waals surface area contributed by atoms with Crippen molar-refractivity contribution in [2.24, 2.45) is 5.92 Å². The van der Waals surface area contributed by atoms with Crippen LogP contribution in [0.25, 0.3) is 0 Å². The summed E-state index contributed by atoms with van der Waals surface area (Å²) in [5, 5.41) is 12.7. The van der Waals surface area contributed by atoms with E-state index in [1.807, 2.05) is 25.1 Å². The van der Waals surface area contributed by atoms with Gasteiger partial charge in [0.15, 0.2) is 5.13 Å². The first kappa shape index (κ1) is 19.9. The highest BCUT2D eigenvalue weighted by Crippen LogP contribution is 2.37. The largest absolute Gasteiger partial charge is 0.493 e. The maximum absolute atomic E-state index is 12.1. The lowest BCUT2D eigenvalue weighted by Crippen LogP contribution is -2.27. The van der Waals surface area contributed by atoms with Gasteiger partial charge in [-0.05, 0) is 61.8 Å². The summed E-state index contributed by atoms with van der Waals surface area (Å²) in [6, 6.07) is 5.97. The van der Waals surface area contributed by atoms with Crippen molar-refractivity contribution in [2.75, 3.05) is 11.9 Å². The standard InChI is InChI=1S/C22H26N2O4S/c1-13-19(23-22(29-13)24-21(27)14-3-2-4-14)9-10-28-17-7-8-18-15(11-17)5-6-16(18)12-20(25)26/h7-8,11,14,16H,2-6,9-10,12H2,1H3,(H,25,26)(H,23,24,27). The van der Waals surface area contributed by atoms with Crippen LogP contribution in [0.1, 0.15) is 59.7 Å². The average molecular weight is 415 g/mol. The third-order valence-electron chi connectivity index (χ3n) is 5.94. The van der Waals surface area contributed by atoms with Crippen LogP contribution in [0.5, 0.6) is 5.75 Å². The van der Waals surface area contributed by atoms with Crippen LogP contribution in [0.4, 0.5) is 5.13 Å². The zero-order chi connectivity index (χ0) is 20.4. The predicted molar refractivity (Wildman–Crippen MR) is 112 cm³/mol. The van der Waals surface area contributed by atoms with E-state index < -0.39 is 5.97 Å². The highest BCUT2D eigenvalue weighted by Gasteiger charge is 2.26. The van der Waals surface area contributed by atoms with Crippen molar-refractivity contribution < 1.29 is 19.4 Å². The summed E-state index contributed by atoms with van der Waals surface area (Å²) in [5.41, 5.74) is 3.29. The van der Waals surface area contributed by atoms with E-state index >= 15 is 0 Å². The maximum Gasteiger partial charge on any atom is 0.303 e. The molecule has 0 saturated heterocycles. The Morgan fingerprint density at radius 2 is 2.14 bits per heavy atom. The number of aryl methyl sites for hydroxylation is 2. The molecular weight excluding hydrogens is 388 g/mol. The maximum atomic E-state index is 12.1. The quantitative estimate of drug-likeness (QED) is 0.672. The number of anilines is 1. The number of hydrogen-bond donors (Lipinski definition) is 2. The molecule has 0 bridgehead atoms. The predicted octanol–water partition coefficient (Wildman–Crippen LogP) is 4.32. The Morgan fingerprint density at radius 1 is 1.31 bits per heavy atom. The molecule has 0 radical (unpaired) electrons. The number of amides is 1. The Bertz CT molecular complexity index is 920. The molecule has 1 unspecified atom stereocenters. The molecule has 1 heterocycles. The Balaban J connectivity index is 1.30. The first-order valence-electron chi connectivity index (χ1n) is 10.2. The summed E-state index contributed by atoms with van der Waals surface area (Å²) < 4.78 is 5.92. The molecule has 1 amide bonds. The van der Waals surface area contributed by atoms with Crippen LogP contribution in [-0.4, -0.2) is 28.6 Å². The number of ether oxygens (including phenoxy) is 1. The fraction of sp³-hybridized carbons (Fsp3) is 0.500. The molecule has 6 nitrogen and oxygen atoms in total. The molecule has 2 aliphatic rings. The highest BCUT2D eigenvalue weighted by atomic mass is 32.1.